The van der Waals surface area contributed by atoms with E-state index in [4.69, 9.17) is 14.9 Å². The van der Waals surface area contributed by atoms with Crippen LogP contribution in [0.15, 0.2) is 52.9 Å². The number of benzene rings is 3. The van der Waals surface area contributed by atoms with E-state index < -0.39 is 5.97 Å². The molecule has 114 valence electrons. The summed E-state index contributed by atoms with van der Waals surface area (Å²) in [5, 5.41) is 4.82. The molecule has 3 aromatic carbocycles. The molecule has 2 N–H and O–H groups in total. The van der Waals surface area contributed by atoms with E-state index in [2.05, 4.69) is 0 Å². The lowest BCUT2D eigenvalue weighted by Gasteiger charge is -2.05. The Morgan fingerprint density at radius 1 is 1.00 bits per heavy atom. The highest BCUT2D eigenvalue weighted by Gasteiger charge is 2.23. The van der Waals surface area contributed by atoms with E-state index in [0.717, 1.165) is 26.9 Å². The number of esters is 1. The molecule has 0 fully saturated rings. The molecule has 0 aliphatic carbocycles. The van der Waals surface area contributed by atoms with E-state index >= 15 is 0 Å². The average Bonchev–Trinajstić information content (AvgIpc) is 2.93. The zero-order valence-corrected chi connectivity index (χ0v) is 12.6. The number of hydrogen-bond acceptors (Lipinski definition) is 4. The Balaban J connectivity index is 2.22. The van der Waals surface area contributed by atoms with Crippen LogP contribution in [0, 0.1) is 0 Å². The van der Waals surface area contributed by atoms with Gasteiger partial charge in [0.1, 0.15) is 5.58 Å². The van der Waals surface area contributed by atoms with Gasteiger partial charge in [-0.3, -0.25) is 0 Å². The van der Waals surface area contributed by atoms with Crippen LogP contribution in [-0.2, 0) is 4.74 Å². The summed E-state index contributed by atoms with van der Waals surface area (Å²) in [6.45, 7) is 2.03. The van der Waals surface area contributed by atoms with Crippen molar-refractivity contribution in [1.29, 1.82) is 0 Å². The number of carbonyl (C=O) groups is 1. The summed E-state index contributed by atoms with van der Waals surface area (Å²) in [5.41, 5.74) is 7.19. The molecule has 1 aromatic heterocycles. The molecule has 0 unspecified atom stereocenters. The second-order valence-corrected chi connectivity index (χ2v) is 5.36. The van der Waals surface area contributed by atoms with Gasteiger partial charge in [-0.2, -0.15) is 0 Å². The molecule has 4 aromatic rings. The number of anilines is 1. The number of nitrogens with two attached hydrogens (primary N) is 1. The minimum absolute atomic E-state index is 0.0726. The molecule has 0 amide bonds. The maximum Gasteiger partial charge on any atom is 0.376 e. The van der Waals surface area contributed by atoms with Gasteiger partial charge in [0.15, 0.2) is 0 Å². The zero-order chi connectivity index (χ0) is 16.0. The maximum absolute atomic E-state index is 12.1. The molecule has 0 spiro atoms. The lowest BCUT2D eigenvalue weighted by molar-refractivity contribution is 0.0494. The fraction of sp³-hybridized carbons (Fsp3) is 0.105. The number of nitrogen functional groups attached to an aromatic ring is 1. The van der Waals surface area contributed by atoms with Gasteiger partial charge in [0.05, 0.1) is 17.7 Å². The summed E-state index contributed by atoms with van der Waals surface area (Å²) < 4.78 is 10.9. The summed E-state index contributed by atoms with van der Waals surface area (Å²) in [5.74, 6) is -0.460. The largest absolute Gasteiger partial charge is 0.460 e. The van der Waals surface area contributed by atoms with E-state index in [9.17, 15) is 4.79 Å². The molecule has 0 saturated carbocycles. The van der Waals surface area contributed by atoms with E-state index in [1.165, 1.54) is 0 Å². The summed E-state index contributed by atoms with van der Waals surface area (Å²) in [4.78, 5) is 12.1. The van der Waals surface area contributed by atoms with Crippen molar-refractivity contribution in [1.82, 2.24) is 0 Å². The molecule has 0 aliphatic heterocycles. The van der Waals surface area contributed by atoms with Crippen LogP contribution < -0.4 is 5.73 Å². The first-order chi connectivity index (χ1) is 11.2. The van der Waals surface area contributed by atoms with Gasteiger partial charge in [-0.15, -0.1) is 0 Å². The van der Waals surface area contributed by atoms with Gasteiger partial charge in [-0.1, -0.05) is 48.5 Å². The molecule has 0 saturated heterocycles. The van der Waals surface area contributed by atoms with E-state index in [-0.39, 0.29) is 12.4 Å². The summed E-state index contributed by atoms with van der Waals surface area (Å²) in [7, 11) is 0. The topological polar surface area (TPSA) is 65.5 Å². The zero-order valence-electron chi connectivity index (χ0n) is 12.6. The van der Waals surface area contributed by atoms with E-state index in [1.54, 1.807) is 6.92 Å². The quantitative estimate of drug-likeness (QED) is 0.437. The molecule has 4 heteroatoms. The molecule has 4 nitrogen and oxygen atoms in total. The third-order valence-electron chi connectivity index (χ3n) is 4.06. The van der Waals surface area contributed by atoms with Crippen molar-refractivity contribution in [2.24, 2.45) is 0 Å². The average molecular weight is 305 g/mol. The number of hydrogen-bond donors (Lipinski definition) is 1. The van der Waals surface area contributed by atoms with Crippen LogP contribution in [0.1, 0.15) is 17.5 Å². The number of ether oxygens (including phenoxy) is 1. The highest BCUT2D eigenvalue weighted by Crippen LogP contribution is 2.40. The van der Waals surface area contributed by atoms with Gasteiger partial charge < -0.3 is 14.9 Å². The van der Waals surface area contributed by atoms with Crippen LogP contribution in [-0.4, -0.2) is 12.6 Å². The monoisotopic (exact) mass is 305 g/mol. The number of furan rings is 1. The first-order valence-electron chi connectivity index (χ1n) is 7.51. The highest BCUT2D eigenvalue weighted by atomic mass is 16.5. The molecule has 0 bridgehead atoms. The summed E-state index contributed by atoms with van der Waals surface area (Å²) >= 11 is 0. The minimum Gasteiger partial charge on any atom is -0.460 e. The molecular weight excluding hydrogens is 290 g/mol. The van der Waals surface area contributed by atoms with E-state index in [1.807, 2.05) is 48.5 Å². The van der Waals surface area contributed by atoms with Crippen LogP contribution in [0.25, 0.3) is 32.5 Å². The van der Waals surface area contributed by atoms with Crippen molar-refractivity contribution in [3.8, 4) is 0 Å². The predicted molar refractivity (Wildman–Crippen MR) is 91.6 cm³/mol. The van der Waals surface area contributed by atoms with Crippen molar-refractivity contribution in [2.45, 2.75) is 6.92 Å². The second-order valence-electron chi connectivity index (χ2n) is 5.36. The molecule has 0 atom stereocenters. The SMILES string of the molecule is CCOC(=O)c1oc2c3ccccc3c3ccccc3c2c1N. The first kappa shape index (κ1) is 13.6. The summed E-state index contributed by atoms with van der Waals surface area (Å²) in [6.07, 6.45) is 0. The first-order valence-corrected chi connectivity index (χ1v) is 7.51. The molecule has 4 rings (SSSR count). The van der Waals surface area contributed by atoms with Gasteiger partial charge >= 0.3 is 5.97 Å². The van der Waals surface area contributed by atoms with Crippen LogP contribution in [0.4, 0.5) is 5.69 Å². The fourth-order valence-electron chi connectivity index (χ4n) is 3.10. The Kier molecular flexibility index (Phi) is 2.98. The lowest BCUT2D eigenvalue weighted by Crippen LogP contribution is -2.05. The van der Waals surface area contributed by atoms with Crippen molar-refractivity contribution < 1.29 is 13.9 Å². The van der Waals surface area contributed by atoms with Gasteiger partial charge in [0.25, 0.3) is 0 Å². The Bertz CT molecular complexity index is 1060. The van der Waals surface area contributed by atoms with Gasteiger partial charge in [0.2, 0.25) is 5.76 Å². The van der Waals surface area contributed by atoms with Crippen LogP contribution in [0.5, 0.6) is 0 Å². The van der Waals surface area contributed by atoms with Gasteiger partial charge in [-0.25, -0.2) is 4.79 Å². The Hall–Kier alpha value is -3.01. The number of rotatable bonds is 2. The number of carbonyl (C=O) groups excluding carboxylic acids is 1. The van der Waals surface area contributed by atoms with Crippen LogP contribution in [0.3, 0.4) is 0 Å². The smallest absolute Gasteiger partial charge is 0.376 e. The van der Waals surface area contributed by atoms with Crippen molar-refractivity contribution in [3.05, 3.63) is 54.3 Å². The maximum atomic E-state index is 12.1. The van der Waals surface area contributed by atoms with Crippen molar-refractivity contribution in [2.75, 3.05) is 12.3 Å². The molecule has 0 aliphatic rings. The molecular formula is C19H15NO3. The number of fused-ring (bicyclic) bond motifs is 6. The Morgan fingerprint density at radius 3 is 2.22 bits per heavy atom. The van der Waals surface area contributed by atoms with Crippen LogP contribution in [0.2, 0.25) is 0 Å². The third-order valence-corrected chi connectivity index (χ3v) is 4.06. The molecule has 23 heavy (non-hydrogen) atoms. The fourth-order valence-corrected chi connectivity index (χ4v) is 3.10. The van der Waals surface area contributed by atoms with Crippen molar-refractivity contribution >= 4 is 44.2 Å². The predicted octanol–water partition coefficient (Wildman–Crippen LogP) is 4.50. The standard InChI is InChI=1S/C19H15NO3/c1-2-22-19(21)18-16(20)15-13-9-5-3-7-11(13)12-8-4-6-10-14(12)17(15)23-18/h3-10H,2,20H2,1H3. The molecule has 1 heterocycles. The Morgan fingerprint density at radius 2 is 1.57 bits per heavy atom. The third kappa shape index (κ3) is 1.88. The summed E-state index contributed by atoms with van der Waals surface area (Å²) in [6, 6.07) is 15.9. The lowest BCUT2D eigenvalue weighted by atomic mass is 9.98. The van der Waals surface area contributed by atoms with Gasteiger partial charge in [0, 0.05) is 5.39 Å². The normalized spacial score (nSPS) is 11.3. The Labute approximate surface area is 132 Å². The highest BCUT2D eigenvalue weighted by molar-refractivity contribution is 6.28. The van der Waals surface area contributed by atoms with E-state index in [0.29, 0.717) is 11.3 Å². The van der Waals surface area contributed by atoms with Gasteiger partial charge in [-0.05, 0) is 23.1 Å². The second kappa shape index (κ2) is 5.02. The van der Waals surface area contributed by atoms with Crippen LogP contribution >= 0.6 is 0 Å². The van der Waals surface area contributed by atoms with Crippen molar-refractivity contribution in [3.63, 3.8) is 0 Å². The molecule has 0 radical (unpaired) electrons. The minimum atomic E-state index is -0.533.